The maximum Gasteiger partial charge on any atom is 0.471 e. The van der Waals surface area contributed by atoms with Crippen molar-refractivity contribution < 1.29 is 27.9 Å². The highest BCUT2D eigenvalue weighted by Gasteiger charge is 2.50. The highest BCUT2D eigenvalue weighted by atomic mass is 19.4. The van der Waals surface area contributed by atoms with E-state index in [1.165, 1.54) is 18.3 Å². The van der Waals surface area contributed by atoms with Gasteiger partial charge in [0.2, 0.25) is 0 Å². The van der Waals surface area contributed by atoms with Gasteiger partial charge in [0.15, 0.2) is 0 Å². The number of anilines is 1. The highest BCUT2D eigenvalue weighted by molar-refractivity contribution is 6.04. The largest absolute Gasteiger partial charge is 0.480 e. The Morgan fingerprint density at radius 3 is 2.67 bits per heavy atom. The van der Waals surface area contributed by atoms with E-state index in [2.05, 4.69) is 4.98 Å². The van der Waals surface area contributed by atoms with Gasteiger partial charge in [0.25, 0.3) is 0 Å². The van der Waals surface area contributed by atoms with Crippen LogP contribution in [0.15, 0.2) is 18.3 Å². The first-order chi connectivity index (χ1) is 8.32. The molecule has 0 fully saturated rings. The number of carboxylic acid groups (broad SMARTS) is 1. The quantitative estimate of drug-likeness (QED) is 0.817. The van der Waals surface area contributed by atoms with Gasteiger partial charge >= 0.3 is 18.1 Å². The van der Waals surface area contributed by atoms with Gasteiger partial charge in [-0.2, -0.15) is 13.2 Å². The van der Waals surface area contributed by atoms with E-state index < -0.39 is 24.1 Å². The van der Waals surface area contributed by atoms with Gasteiger partial charge in [-0.3, -0.25) is 14.7 Å². The van der Waals surface area contributed by atoms with Crippen LogP contribution in [0.5, 0.6) is 0 Å². The Kier molecular flexibility index (Phi) is 2.72. The van der Waals surface area contributed by atoms with Crippen molar-refractivity contribution in [2.45, 2.75) is 18.6 Å². The van der Waals surface area contributed by atoms with Crippen LogP contribution in [0.2, 0.25) is 0 Å². The van der Waals surface area contributed by atoms with Crippen LogP contribution >= 0.6 is 0 Å². The van der Waals surface area contributed by atoms with E-state index in [1.807, 2.05) is 0 Å². The summed E-state index contributed by atoms with van der Waals surface area (Å²) in [6.45, 7) is 0. The topological polar surface area (TPSA) is 70.5 Å². The molecule has 1 N–H and O–H groups in total. The standard InChI is InChI=1S/C10H7F3N2O3/c11-10(12,13)9(18)15-6-2-1-3-14-5(6)4-7(15)8(16)17/h1-3,7H,4H2,(H,16,17). The Hall–Kier alpha value is -2.12. The number of carboxylic acids is 1. The Morgan fingerprint density at radius 2 is 2.11 bits per heavy atom. The molecule has 2 heterocycles. The van der Waals surface area contributed by atoms with Crippen molar-refractivity contribution >= 4 is 17.6 Å². The number of halogens is 3. The van der Waals surface area contributed by atoms with Gasteiger partial charge in [-0.05, 0) is 12.1 Å². The number of alkyl halides is 3. The van der Waals surface area contributed by atoms with E-state index in [0.717, 1.165) is 0 Å². The monoisotopic (exact) mass is 260 g/mol. The van der Waals surface area contributed by atoms with Gasteiger partial charge in [-0.1, -0.05) is 0 Å². The second-order valence-corrected chi connectivity index (χ2v) is 3.70. The molecule has 0 saturated heterocycles. The zero-order chi connectivity index (χ0) is 13.5. The first-order valence-corrected chi connectivity index (χ1v) is 4.89. The fourth-order valence-electron chi connectivity index (χ4n) is 1.83. The summed E-state index contributed by atoms with van der Waals surface area (Å²) in [5, 5.41) is 8.88. The zero-order valence-electron chi connectivity index (χ0n) is 8.81. The molecule has 0 spiro atoms. The second kappa shape index (κ2) is 3.97. The summed E-state index contributed by atoms with van der Waals surface area (Å²) in [4.78, 5) is 26.2. The smallest absolute Gasteiger partial charge is 0.471 e. The van der Waals surface area contributed by atoms with Crippen molar-refractivity contribution in [2.24, 2.45) is 0 Å². The molecule has 1 atom stereocenters. The molecule has 0 bridgehead atoms. The van der Waals surface area contributed by atoms with Gasteiger partial charge in [0, 0.05) is 12.6 Å². The van der Waals surface area contributed by atoms with Crippen molar-refractivity contribution in [1.82, 2.24) is 4.98 Å². The number of nitrogens with zero attached hydrogens (tertiary/aromatic N) is 2. The normalized spacial score (nSPS) is 18.6. The molecule has 1 amide bonds. The summed E-state index contributed by atoms with van der Waals surface area (Å²) in [5.74, 6) is -3.69. The molecule has 18 heavy (non-hydrogen) atoms. The molecule has 1 aromatic rings. The predicted octanol–water partition coefficient (Wildman–Crippen LogP) is 0.986. The van der Waals surface area contributed by atoms with E-state index >= 15 is 0 Å². The maximum absolute atomic E-state index is 12.4. The summed E-state index contributed by atoms with van der Waals surface area (Å²) in [7, 11) is 0. The molecule has 2 rings (SSSR count). The molecular weight excluding hydrogens is 253 g/mol. The average molecular weight is 260 g/mol. The van der Waals surface area contributed by atoms with E-state index in [1.54, 1.807) is 0 Å². The minimum atomic E-state index is -5.12. The summed E-state index contributed by atoms with van der Waals surface area (Å²) in [6, 6.07) is 1.03. The molecule has 0 aromatic carbocycles. The SMILES string of the molecule is O=C(O)C1Cc2ncccc2N1C(=O)C(F)(F)F. The van der Waals surface area contributed by atoms with Gasteiger partial charge in [-0.25, -0.2) is 4.79 Å². The third-order valence-corrected chi connectivity index (χ3v) is 2.57. The number of hydrogen-bond donors (Lipinski definition) is 1. The fraction of sp³-hybridized carbons (Fsp3) is 0.300. The number of pyridine rings is 1. The third kappa shape index (κ3) is 1.89. The number of carbonyl (C=O) groups excluding carboxylic acids is 1. The molecule has 8 heteroatoms. The molecule has 1 aromatic heterocycles. The molecular formula is C10H7F3N2O3. The zero-order valence-corrected chi connectivity index (χ0v) is 8.81. The summed E-state index contributed by atoms with van der Waals surface area (Å²) in [5.41, 5.74) is 0.0646. The number of carbonyl (C=O) groups is 2. The van der Waals surface area contributed by atoms with Gasteiger partial charge in [0.05, 0.1) is 11.4 Å². The molecule has 1 aliphatic heterocycles. The van der Waals surface area contributed by atoms with E-state index in [9.17, 15) is 22.8 Å². The number of amides is 1. The maximum atomic E-state index is 12.4. The summed E-state index contributed by atoms with van der Waals surface area (Å²) >= 11 is 0. The van der Waals surface area contributed by atoms with Crippen LogP contribution < -0.4 is 4.90 Å². The van der Waals surface area contributed by atoms with E-state index in [-0.39, 0.29) is 22.7 Å². The first-order valence-electron chi connectivity index (χ1n) is 4.89. The van der Waals surface area contributed by atoms with Crippen molar-refractivity contribution in [2.75, 3.05) is 4.90 Å². The molecule has 0 saturated carbocycles. The Bertz CT molecular complexity index is 515. The average Bonchev–Trinajstić information content (AvgIpc) is 2.65. The van der Waals surface area contributed by atoms with Crippen molar-refractivity contribution in [3.63, 3.8) is 0 Å². The second-order valence-electron chi connectivity index (χ2n) is 3.70. The Labute approximate surface area is 98.8 Å². The van der Waals surface area contributed by atoms with Crippen molar-refractivity contribution in [3.05, 3.63) is 24.0 Å². The molecule has 96 valence electrons. The van der Waals surface area contributed by atoms with E-state index in [4.69, 9.17) is 5.11 Å². The van der Waals surface area contributed by atoms with Crippen LogP contribution in [-0.4, -0.2) is 34.2 Å². The number of fused-ring (bicyclic) bond motifs is 1. The lowest BCUT2D eigenvalue weighted by molar-refractivity contribution is -0.171. The molecule has 1 aliphatic rings. The number of rotatable bonds is 1. The summed E-state index contributed by atoms with van der Waals surface area (Å²) < 4.78 is 37.3. The minimum absolute atomic E-state index is 0.104. The Morgan fingerprint density at radius 1 is 1.44 bits per heavy atom. The number of aliphatic carboxylic acids is 1. The lowest BCUT2D eigenvalue weighted by Gasteiger charge is -2.23. The summed E-state index contributed by atoms with van der Waals surface area (Å²) in [6.07, 6.45) is -4.02. The lowest BCUT2D eigenvalue weighted by atomic mass is 10.2. The lowest BCUT2D eigenvalue weighted by Crippen LogP contribution is -2.48. The van der Waals surface area contributed by atoms with Crippen molar-refractivity contribution in [1.29, 1.82) is 0 Å². The molecule has 0 aliphatic carbocycles. The highest BCUT2D eigenvalue weighted by Crippen LogP contribution is 2.34. The number of aromatic nitrogens is 1. The molecule has 5 nitrogen and oxygen atoms in total. The molecule has 1 unspecified atom stereocenters. The van der Waals surface area contributed by atoms with Crippen LogP contribution in [0.1, 0.15) is 5.69 Å². The predicted molar refractivity (Wildman–Crippen MR) is 52.9 cm³/mol. The van der Waals surface area contributed by atoms with Gasteiger partial charge in [-0.15, -0.1) is 0 Å². The van der Waals surface area contributed by atoms with Gasteiger partial charge in [0.1, 0.15) is 6.04 Å². The third-order valence-electron chi connectivity index (χ3n) is 2.57. The van der Waals surface area contributed by atoms with Crippen LogP contribution in [-0.2, 0) is 16.0 Å². The van der Waals surface area contributed by atoms with Crippen LogP contribution in [0, 0.1) is 0 Å². The Balaban J connectivity index is 2.47. The minimum Gasteiger partial charge on any atom is -0.480 e. The number of hydrogen-bond acceptors (Lipinski definition) is 3. The van der Waals surface area contributed by atoms with E-state index in [0.29, 0.717) is 0 Å². The fourth-order valence-corrected chi connectivity index (χ4v) is 1.83. The van der Waals surface area contributed by atoms with Crippen LogP contribution in [0.3, 0.4) is 0 Å². The molecule has 0 radical (unpaired) electrons. The van der Waals surface area contributed by atoms with Gasteiger partial charge < -0.3 is 5.11 Å². The first kappa shape index (κ1) is 12.3. The van der Waals surface area contributed by atoms with Crippen molar-refractivity contribution in [3.8, 4) is 0 Å². The van der Waals surface area contributed by atoms with Crippen LogP contribution in [0.25, 0.3) is 0 Å². The van der Waals surface area contributed by atoms with Crippen LogP contribution in [0.4, 0.5) is 18.9 Å².